The van der Waals surface area contributed by atoms with E-state index in [-0.39, 0.29) is 17.0 Å². The van der Waals surface area contributed by atoms with Crippen molar-refractivity contribution in [2.45, 2.75) is 6.54 Å². The number of halogens is 2. The third kappa shape index (κ3) is 3.87. The summed E-state index contributed by atoms with van der Waals surface area (Å²) < 4.78 is 1.92. The van der Waals surface area contributed by atoms with Crippen molar-refractivity contribution in [2.75, 3.05) is 5.33 Å². The van der Waals surface area contributed by atoms with Gasteiger partial charge in [-0.3, -0.25) is 0 Å². The van der Waals surface area contributed by atoms with E-state index in [0.717, 1.165) is 11.9 Å². The van der Waals surface area contributed by atoms with Crippen molar-refractivity contribution in [3.05, 3.63) is 30.1 Å². The van der Waals surface area contributed by atoms with Crippen LogP contribution < -0.4 is 21.5 Å². The Bertz CT molecular complexity index is 274. The number of hydrogen-bond acceptors (Lipinski definition) is 1. The first-order valence-electron chi connectivity index (χ1n) is 3.52. The Morgan fingerprint density at radius 1 is 1.46 bits per heavy atom. The number of rotatable bonds is 3. The van der Waals surface area contributed by atoms with Gasteiger partial charge >= 0.3 is 5.97 Å². The van der Waals surface area contributed by atoms with Crippen molar-refractivity contribution in [3.8, 4) is 0 Å². The molecule has 0 aliphatic carbocycles. The van der Waals surface area contributed by atoms with Crippen LogP contribution in [-0.4, -0.2) is 16.4 Å². The lowest BCUT2D eigenvalue weighted by atomic mass is 10.3. The summed E-state index contributed by atoms with van der Waals surface area (Å²) in [6.07, 6.45) is 3.51. The van der Waals surface area contributed by atoms with Gasteiger partial charge in [0.2, 0.25) is 0 Å². The van der Waals surface area contributed by atoms with Crippen molar-refractivity contribution in [1.82, 2.24) is 0 Å². The highest BCUT2D eigenvalue weighted by atomic mass is 79.9. The Morgan fingerprint density at radius 3 is 2.38 bits per heavy atom. The fourth-order valence-electron chi connectivity index (χ4n) is 0.847. The van der Waals surface area contributed by atoms with Crippen LogP contribution >= 0.6 is 15.9 Å². The molecule has 1 aromatic rings. The van der Waals surface area contributed by atoms with Crippen LogP contribution in [0.2, 0.25) is 0 Å². The highest BCUT2D eigenvalue weighted by Crippen LogP contribution is 1.93. The van der Waals surface area contributed by atoms with Gasteiger partial charge in [0, 0.05) is 12.1 Å². The topological polar surface area (TPSA) is 41.2 Å². The van der Waals surface area contributed by atoms with Gasteiger partial charge in [-0.25, -0.2) is 9.36 Å². The van der Waals surface area contributed by atoms with Crippen LogP contribution in [0, 0.1) is 0 Å². The Balaban J connectivity index is 0.00000144. The zero-order chi connectivity index (χ0) is 8.97. The monoisotopic (exact) mass is 309 g/mol. The maximum absolute atomic E-state index is 10.5. The number of aryl methyl sites for hydroxylation is 1. The average molecular weight is 311 g/mol. The molecule has 0 amide bonds. The van der Waals surface area contributed by atoms with Crippen LogP contribution in [0.1, 0.15) is 10.4 Å². The molecule has 72 valence electrons. The molecule has 0 aliphatic heterocycles. The number of carboxylic acids is 1. The van der Waals surface area contributed by atoms with Crippen LogP contribution in [0.25, 0.3) is 0 Å². The third-order valence-corrected chi connectivity index (χ3v) is 1.84. The summed E-state index contributed by atoms with van der Waals surface area (Å²) >= 11 is 3.30. The lowest BCUT2D eigenvalue weighted by molar-refractivity contribution is -0.692. The third-order valence-electron chi connectivity index (χ3n) is 1.48. The largest absolute Gasteiger partial charge is 1.00 e. The van der Waals surface area contributed by atoms with Crippen molar-refractivity contribution >= 4 is 21.9 Å². The minimum Gasteiger partial charge on any atom is -1.00 e. The minimum absolute atomic E-state index is 0. The number of alkyl halides is 1. The number of aromatic carboxylic acids is 1. The van der Waals surface area contributed by atoms with Gasteiger partial charge in [-0.1, -0.05) is 15.9 Å². The Kier molecular flexibility index (Phi) is 5.90. The Hall–Kier alpha value is -0.420. The van der Waals surface area contributed by atoms with Gasteiger partial charge in [-0.15, -0.1) is 0 Å². The molecule has 1 aromatic heterocycles. The van der Waals surface area contributed by atoms with Gasteiger partial charge in [-0.05, 0) is 0 Å². The zero-order valence-electron chi connectivity index (χ0n) is 6.78. The SMILES string of the molecule is O=C(O)c1cc[n+](CCBr)cc1.[Br-]. The van der Waals surface area contributed by atoms with E-state index in [1.165, 1.54) is 0 Å². The van der Waals surface area contributed by atoms with Crippen LogP contribution in [0.3, 0.4) is 0 Å². The fourth-order valence-corrected chi connectivity index (χ4v) is 1.26. The van der Waals surface area contributed by atoms with E-state index in [0.29, 0.717) is 5.56 Å². The summed E-state index contributed by atoms with van der Waals surface area (Å²) in [5, 5.41) is 9.45. The number of aromatic nitrogens is 1. The molecule has 1 heterocycles. The normalized spacial score (nSPS) is 9.00. The van der Waals surface area contributed by atoms with Gasteiger partial charge in [0.25, 0.3) is 0 Å². The molecular formula is C8H9Br2NO2. The summed E-state index contributed by atoms with van der Waals surface area (Å²) in [6.45, 7) is 0.847. The second kappa shape index (κ2) is 6.10. The van der Waals surface area contributed by atoms with Gasteiger partial charge in [0.1, 0.15) is 0 Å². The van der Waals surface area contributed by atoms with Gasteiger partial charge < -0.3 is 22.1 Å². The van der Waals surface area contributed by atoms with Crippen LogP contribution in [0.5, 0.6) is 0 Å². The lowest BCUT2D eigenvalue weighted by Crippen LogP contribution is -3.00. The molecule has 0 spiro atoms. The maximum Gasteiger partial charge on any atom is 0.336 e. The molecule has 1 rings (SSSR count). The second-order valence-corrected chi connectivity index (χ2v) is 3.11. The first kappa shape index (κ1) is 12.6. The fraction of sp³-hybridized carbons (Fsp3) is 0.250. The van der Waals surface area contributed by atoms with E-state index in [9.17, 15) is 4.79 Å². The quantitative estimate of drug-likeness (QED) is 0.522. The van der Waals surface area contributed by atoms with Gasteiger partial charge in [0.15, 0.2) is 18.9 Å². The summed E-state index contributed by atoms with van der Waals surface area (Å²) in [6, 6.07) is 3.18. The number of hydrogen-bond donors (Lipinski definition) is 1. The summed E-state index contributed by atoms with van der Waals surface area (Å²) in [4.78, 5) is 10.5. The summed E-state index contributed by atoms with van der Waals surface area (Å²) in [7, 11) is 0. The summed E-state index contributed by atoms with van der Waals surface area (Å²) in [5.41, 5.74) is 0.320. The van der Waals surface area contributed by atoms with E-state index >= 15 is 0 Å². The number of nitrogens with zero attached hydrogens (tertiary/aromatic N) is 1. The van der Waals surface area contributed by atoms with E-state index in [4.69, 9.17) is 5.11 Å². The molecule has 0 radical (unpaired) electrons. The molecule has 1 N–H and O–H groups in total. The lowest BCUT2D eigenvalue weighted by Gasteiger charge is -1.93. The van der Waals surface area contributed by atoms with E-state index in [2.05, 4.69) is 15.9 Å². The number of pyridine rings is 1. The van der Waals surface area contributed by atoms with E-state index in [1.807, 2.05) is 4.57 Å². The summed E-state index contributed by atoms with van der Waals surface area (Å²) in [5.74, 6) is -0.888. The molecule has 5 heteroatoms. The number of carbonyl (C=O) groups is 1. The second-order valence-electron chi connectivity index (χ2n) is 2.32. The van der Waals surface area contributed by atoms with Crippen molar-refractivity contribution in [3.63, 3.8) is 0 Å². The Labute approximate surface area is 95.3 Å². The smallest absolute Gasteiger partial charge is 0.336 e. The molecule has 0 saturated carbocycles. The van der Waals surface area contributed by atoms with Crippen LogP contribution in [-0.2, 0) is 6.54 Å². The number of carboxylic acid groups (broad SMARTS) is 1. The van der Waals surface area contributed by atoms with Crippen molar-refractivity contribution in [2.24, 2.45) is 0 Å². The predicted octanol–water partition coefficient (Wildman–Crippen LogP) is -1.93. The van der Waals surface area contributed by atoms with Gasteiger partial charge in [-0.2, -0.15) is 0 Å². The molecule has 0 atom stereocenters. The molecule has 0 fully saturated rings. The molecule has 0 bridgehead atoms. The molecule has 3 nitrogen and oxygen atoms in total. The Morgan fingerprint density at radius 2 is 2.00 bits per heavy atom. The molecule has 0 unspecified atom stereocenters. The molecule has 0 saturated heterocycles. The highest BCUT2D eigenvalue weighted by molar-refractivity contribution is 9.09. The maximum atomic E-state index is 10.5. The van der Waals surface area contributed by atoms with E-state index in [1.54, 1.807) is 24.5 Å². The van der Waals surface area contributed by atoms with E-state index < -0.39 is 5.97 Å². The highest BCUT2D eigenvalue weighted by Gasteiger charge is 2.04. The average Bonchev–Trinajstić information content (AvgIpc) is 2.06. The van der Waals surface area contributed by atoms with Crippen molar-refractivity contribution < 1.29 is 31.4 Å². The van der Waals surface area contributed by atoms with Crippen molar-refractivity contribution in [1.29, 1.82) is 0 Å². The molecule has 0 aliphatic rings. The van der Waals surface area contributed by atoms with Crippen LogP contribution in [0.4, 0.5) is 0 Å². The molecular weight excluding hydrogens is 302 g/mol. The minimum atomic E-state index is -0.888. The standard InChI is InChI=1S/C8H8BrNO2.BrH/c9-3-6-10-4-1-7(2-5-10)8(11)12;/h1-2,4-5H,3,6H2;1H. The molecule has 0 aromatic carbocycles. The van der Waals surface area contributed by atoms with Gasteiger partial charge in [0.05, 0.1) is 10.9 Å². The molecule has 13 heavy (non-hydrogen) atoms. The predicted molar refractivity (Wildman–Crippen MR) is 47.4 cm³/mol. The first-order chi connectivity index (χ1) is 5.74. The first-order valence-corrected chi connectivity index (χ1v) is 4.64. The zero-order valence-corrected chi connectivity index (χ0v) is 9.95. The van der Waals surface area contributed by atoms with Crippen LogP contribution in [0.15, 0.2) is 24.5 Å².